The number of hydrogen-bond acceptors (Lipinski definition) is 6. The van der Waals surface area contributed by atoms with Crippen molar-refractivity contribution in [1.29, 1.82) is 0 Å². The second-order valence-electron chi connectivity index (χ2n) is 8.85. The first kappa shape index (κ1) is 21.3. The van der Waals surface area contributed by atoms with E-state index in [4.69, 9.17) is 4.98 Å². The monoisotopic (exact) mass is 453 g/mol. The van der Waals surface area contributed by atoms with Crippen LogP contribution in [-0.4, -0.2) is 74.9 Å². The van der Waals surface area contributed by atoms with Crippen LogP contribution in [0.1, 0.15) is 12.8 Å². The third-order valence-electron chi connectivity index (χ3n) is 6.66. The van der Waals surface area contributed by atoms with Gasteiger partial charge >= 0.3 is 0 Å². The highest BCUT2D eigenvalue weighted by molar-refractivity contribution is 7.90. The molecule has 0 bridgehead atoms. The summed E-state index contributed by atoms with van der Waals surface area (Å²) in [6.45, 7) is 7.62. The van der Waals surface area contributed by atoms with Crippen molar-refractivity contribution in [3.05, 3.63) is 48.7 Å². The highest BCUT2D eigenvalue weighted by Gasteiger charge is 2.23. The summed E-state index contributed by atoms with van der Waals surface area (Å²) >= 11 is 0. The van der Waals surface area contributed by atoms with E-state index in [1.54, 1.807) is 12.1 Å². The number of pyridine rings is 1. The van der Waals surface area contributed by atoms with Crippen molar-refractivity contribution in [2.45, 2.75) is 24.3 Å². The van der Waals surface area contributed by atoms with Gasteiger partial charge in [-0.25, -0.2) is 13.4 Å². The van der Waals surface area contributed by atoms with Gasteiger partial charge in [0.25, 0.3) is 0 Å². The zero-order valence-corrected chi connectivity index (χ0v) is 19.5. The maximum Gasteiger partial charge on any atom is 0.177 e. The highest BCUT2D eigenvalue weighted by atomic mass is 32.2. The molecule has 0 N–H and O–H groups in total. The highest BCUT2D eigenvalue weighted by Crippen LogP contribution is 2.27. The fraction of sp³-hybridized carbons (Fsp3) is 0.458. The van der Waals surface area contributed by atoms with E-state index < -0.39 is 9.84 Å². The molecule has 1 aromatic carbocycles. The van der Waals surface area contributed by atoms with Crippen LogP contribution in [0.4, 0.5) is 11.5 Å². The van der Waals surface area contributed by atoms with Crippen LogP contribution in [0.5, 0.6) is 0 Å². The lowest BCUT2D eigenvalue weighted by atomic mass is 10.2. The Morgan fingerprint density at radius 2 is 1.56 bits per heavy atom. The normalized spacial score (nSPS) is 18.0. The molecule has 7 nitrogen and oxygen atoms in total. The number of fused-ring (bicyclic) bond motifs is 1. The number of benzene rings is 1. The molecule has 0 atom stereocenters. The molecule has 2 aliphatic heterocycles. The number of nitrogens with zero attached hydrogens (tertiary/aromatic N) is 5. The van der Waals surface area contributed by atoms with Crippen LogP contribution in [0.25, 0.3) is 11.0 Å². The van der Waals surface area contributed by atoms with Gasteiger partial charge in [-0.15, -0.1) is 0 Å². The van der Waals surface area contributed by atoms with Crippen molar-refractivity contribution in [1.82, 2.24) is 14.5 Å². The van der Waals surface area contributed by atoms with E-state index in [0.717, 1.165) is 56.4 Å². The Balaban J connectivity index is 1.29. The summed E-state index contributed by atoms with van der Waals surface area (Å²) in [5.41, 5.74) is 1.85. The third-order valence-corrected chi connectivity index (χ3v) is 7.81. The molecule has 0 spiro atoms. The Labute approximate surface area is 190 Å². The Morgan fingerprint density at radius 3 is 2.31 bits per heavy atom. The van der Waals surface area contributed by atoms with E-state index in [-0.39, 0.29) is 0 Å². The minimum absolute atomic E-state index is 0.406. The van der Waals surface area contributed by atoms with Crippen LogP contribution in [0.3, 0.4) is 0 Å². The quantitative estimate of drug-likeness (QED) is 0.572. The minimum atomic E-state index is -3.26. The first-order valence-corrected chi connectivity index (χ1v) is 13.4. The van der Waals surface area contributed by atoms with Crippen molar-refractivity contribution in [2.24, 2.45) is 0 Å². The van der Waals surface area contributed by atoms with Crippen LogP contribution in [0, 0.1) is 0 Å². The number of para-hydroxylation sites is 1. The van der Waals surface area contributed by atoms with Gasteiger partial charge in [-0.05, 0) is 56.3 Å². The summed E-state index contributed by atoms with van der Waals surface area (Å²) in [6.07, 6.45) is 6.06. The Morgan fingerprint density at radius 1 is 0.844 bits per heavy atom. The number of hydrogen-bond donors (Lipinski definition) is 0. The Bertz CT molecular complexity index is 1190. The van der Waals surface area contributed by atoms with E-state index in [1.165, 1.54) is 37.6 Å². The van der Waals surface area contributed by atoms with Crippen LogP contribution in [-0.2, 0) is 16.4 Å². The van der Waals surface area contributed by atoms with Gasteiger partial charge in [0.2, 0.25) is 0 Å². The van der Waals surface area contributed by atoms with E-state index >= 15 is 0 Å². The zero-order valence-electron chi connectivity index (χ0n) is 18.7. The Hall–Kier alpha value is -2.58. The molecule has 2 aromatic heterocycles. The van der Waals surface area contributed by atoms with Gasteiger partial charge in [0.15, 0.2) is 9.84 Å². The topological polar surface area (TPSA) is 61.7 Å². The summed E-state index contributed by atoms with van der Waals surface area (Å²) in [5, 5.41) is 1.18. The van der Waals surface area contributed by atoms with E-state index in [1.807, 2.05) is 12.1 Å². The smallest absolute Gasteiger partial charge is 0.177 e. The molecule has 4 heterocycles. The summed E-state index contributed by atoms with van der Waals surface area (Å²) in [4.78, 5) is 12.4. The van der Waals surface area contributed by atoms with Gasteiger partial charge in [0.05, 0.1) is 10.6 Å². The standard InChI is InChI=1S/C24H31N5O2S/c1-32(30,31)22-7-3-2-6-21(22)27-16-18-28(19-17-27)23-9-8-20-10-13-29(24(20)25-23)15-14-26-11-4-5-12-26/h2-3,6-10,13H,4-5,11-12,14-19H2,1H3. The van der Waals surface area contributed by atoms with Crippen LogP contribution >= 0.6 is 0 Å². The average Bonchev–Trinajstić information content (AvgIpc) is 3.47. The summed E-state index contributed by atoms with van der Waals surface area (Å²) < 4.78 is 26.7. The van der Waals surface area contributed by atoms with Crippen molar-refractivity contribution >= 4 is 32.4 Å². The predicted octanol–water partition coefficient (Wildman–Crippen LogP) is 2.86. The fourth-order valence-corrected chi connectivity index (χ4v) is 5.77. The first-order chi connectivity index (χ1) is 15.5. The maximum absolute atomic E-state index is 12.2. The first-order valence-electron chi connectivity index (χ1n) is 11.5. The van der Waals surface area contributed by atoms with Crippen molar-refractivity contribution in [2.75, 3.05) is 61.9 Å². The molecule has 2 saturated heterocycles. The summed E-state index contributed by atoms with van der Waals surface area (Å²) in [5.74, 6) is 0.995. The molecular weight excluding hydrogens is 422 g/mol. The number of sulfone groups is 1. The molecule has 3 aromatic rings. The molecule has 0 aliphatic carbocycles. The lowest BCUT2D eigenvalue weighted by Crippen LogP contribution is -2.47. The average molecular weight is 454 g/mol. The van der Waals surface area contributed by atoms with Crippen LogP contribution in [0.2, 0.25) is 0 Å². The number of piperazine rings is 1. The van der Waals surface area contributed by atoms with E-state index in [9.17, 15) is 8.42 Å². The van der Waals surface area contributed by atoms with Crippen molar-refractivity contribution in [3.63, 3.8) is 0 Å². The second kappa shape index (κ2) is 8.75. The van der Waals surface area contributed by atoms with E-state index in [0.29, 0.717) is 4.90 Å². The van der Waals surface area contributed by atoms with Gasteiger partial charge in [-0.1, -0.05) is 12.1 Å². The molecule has 2 fully saturated rings. The van der Waals surface area contributed by atoms with Gasteiger partial charge in [0.1, 0.15) is 11.5 Å². The van der Waals surface area contributed by atoms with Gasteiger partial charge in [0, 0.05) is 57.1 Å². The van der Waals surface area contributed by atoms with Crippen molar-refractivity contribution < 1.29 is 8.42 Å². The number of anilines is 2. The number of likely N-dealkylation sites (tertiary alicyclic amines) is 1. The lowest BCUT2D eigenvalue weighted by Gasteiger charge is -2.37. The SMILES string of the molecule is CS(=O)(=O)c1ccccc1N1CCN(c2ccc3ccn(CCN4CCCC4)c3n2)CC1. The molecular formula is C24H31N5O2S. The van der Waals surface area contributed by atoms with E-state index in [2.05, 4.69) is 43.7 Å². The van der Waals surface area contributed by atoms with Crippen molar-refractivity contribution in [3.8, 4) is 0 Å². The second-order valence-corrected chi connectivity index (χ2v) is 10.8. The molecule has 0 radical (unpaired) electrons. The van der Waals surface area contributed by atoms with Crippen LogP contribution < -0.4 is 9.80 Å². The predicted molar refractivity (Wildman–Crippen MR) is 129 cm³/mol. The van der Waals surface area contributed by atoms with Gasteiger partial charge < -0.3 is 19.3 Å². The molecule has 5 rings (SSSR count). The maximum atomic E-state index is 12.2. The number of rotatable bonds is 6. The molecule has 32 heavy (non-hydrogen) atoms. The van der Waals surface area contributed by atoms with Crippen LogP contribution in [0.15, 0.2) is 53.6 Å². The largest absolute Gasteiger partial charge is 0.367 e. The molecule has 0 unspecified atom stereocenters. The zero-order chi connectivity index (χ0) is 22.1. The molecule has 0 amide bonds. The lowest BCUT2D eigenvalue weighted by molar-refractivity contribution is 0.324. The van der Waals surface area contributed by atoms with Gasteiger partial charge in [-0.2, -0.15) is 0 Å². The molecule has 8 heteroatoms. The third kappa shape index (κ3) is 4.34. The number of aromatic nitrogens is 2. The Kier molecular flexibility index (Phi) is 5.82. The molecule has 2 aliphatic rings. The minimum Gasteiger partial charge on any atom is -0.367 e. The summed E-state index contributed by atoms with van der Waals surface area (Å²) in [7, 11) is -3.26. The fourth-order valence-electron chi connectivity index (χ4n) is 4.87. The summed E-state index contributed by atoms with van der Waals surface area (Å²) in [6, 6.07) is 13.7. The molecule has 0 saturated carbocycles. The van der Waals surface area contributed by atoms with Gasteiger partial charge in [-0.3, -0.25) is 0 Å². The molecule has 170 valence electrons.